The molecule has 1 aliphatic rings. The lowest BCUT2D eigenvalue weighted by Crippen LogP contribution is -2.34. The summed E-state index contributed by atoms with van der Waals surface area (Å²) in [5, 5.41) is 19.5. The van der Waals surface area contributed by atoms with Gasteiger partial charge in [-0.05, 0) is 26.0 Å². The third-order valence-electron chi connectivity index (χ3n) is 2.85. The maximum atomic E-state index is 13.8. The van der Waals surface area contributed by atoms with E-state index in [4.69, 9.17) is 15.1 Å². The minimum absolute atomic E-state index is 0.0189. The maximum absolute atomic E-state index is 13.8. The number of ether oxygens (including phenoxy) is 1. The van der Waals surface area contributed by atoms with Crippen molar-refractivity contribution in [1.29, 1.82) is 0 Å². The molecule has 0 spiro atoms. The zero-order chi connectivity index (χ0) is 14.2. The van der Waals surface area contributed by atoms with E-state index in [2.05, 4.69) is 0 Å². The number of aliphatic hydroxyl groups is 1. The van der Waals surface area contributed by atoms with Gasteiger partial charge in [0.05, 0.1) is 11.7 Å². The SMILES string of the molecule is CC(C)(O)COc1ccc(F)c2c1B(O)OC2CN. The smallest absolute Gasteiger partial charge is 0.491 e. The summed E-state index contributed by atoms with van der Waals surface area (Å²) in [5.41, 5.74) is 4.94. The van der Waals surface area contributed by atoms with Crippen molar-refractivity contribution in [1.82, 2.24) is 0 Å². The fourth-order valence-corrected chi connectivity index (χ4v) is 2.02. The molecule has 104 valence electrons. The van der Waals surface area contributed by atoms with Crippen LogP contribution in [0.15, 0.2) is 12.1 Å². The predicted octanol–water partition coefficient (Wildman–Crippen LogP) is -0.307. The molecular formula is C12H17BFNO4. The third-order valence-corrected chi connectivity index (χ3v) is 2.85. The first-order valence-corrected chi connectivity index (χ1v) is 6.04. The highest BCUT2D eigenvalue weighted by atomic mass is 19.1. The lowest BCUT2D eigenvalue weighted by Gasteiger charge is -2.19. The van der Waals surface area contributed by atoms with Crippen molar-refractivity contribution in [3.63, 3.8) is 0 Å². The zero-order valence-corrected chi connectivity index (χ0v) is 10.9. The molecule has 0 bridgehead atoms. The molecular weight excluding hydrogens is 252 g/mol. The first-order valence-electron chi connectivity index (χ1n) is 6.04. The highest BCUT2D eigenvalue weighted by molar-refractivity contribution is 6.62. The molecule has 0 amide bonds. The molecule has 4 N–H and O–H groups in total. The number of hydrogen-bond acceptors (Lipinski definition) is 5. The second kappa shape index (κ2) is 5.09. The van der Waals surface area contributed by atoms with Crippen LogP contribution in [0.5, 0.6) is 5.75 Å². The van der Waals surface area contributed by atoms with E-state index in [1.165, 1.54) is 12.1 Å². The normalized spacial score (nSPS) is 18.6. The van der Waals surface area contributed by atoms with Gasteiger partial charge in [0.1, 0.15) is 18.2 Å². The number of rotatable bonds is 4. The molecule has 19 heavy (non-hydrogen) atoms. The van der Waals surface area contributed by atoms with E-state index in [0.717, 1.165) is 0 Å². The summed E-state index contributed by atoms with van der Waals surface area (Å²) in [4.78, 5) is 0. The van der Waals surface area contributed by atoms with E-state index in [1.807, 2.05) is 0 Å². The van der Waals surface area contributed by atoms with Crippen molar-refractivity contribution in [2.75, 3.05) is 13.2 Å². The van der Waals surface area contributed by atoms with Crippen LogP contribution >= 0.6 is 0 Å². The molecule has 2 rings (SSSR count). The Bertz CT molecular complexity index is 478. The molecule has 0 saturated heterocycles. The standard InChI is InChI=1S/C12H17BFNO4/c1-12(2,16)6-18-8-4-3-7(14)10-9(5-15)19-13(17)11(8)10/h3-4,9,16-17H,5-6,15H2,1-2H3. The van der Waals surface area contributed by atoms with Gasteiger partial charge >= 0.3 is 7.12 Å². The summed E-state index contributed by atoms with van der Waals surface area (Å²) in [6.07, 6.45) is -0.685. The Morgan fingerprint density at radius 3 is 2.79 bits per heavy atom. The Morgan fingerprint density at radius 1 is 1.53 bits per heavy atom. The fourth-order valence-electron chi connectivity index (χ4n) is 2.02. The summed E-state index contributed by atoms with van der Waals surface area (Å²) in [6.45, 7) is 3.26. The summed E-state index contributed by atoms with van der Waals surface area (Å²) in [7, 11) is -1.27. The van der Waals surface area contributed by atoms with Crippen LogP contribution in [0.1, 0.15) is 25.5 Å². The first-order chi connectivity index (χ1) is 8.83. The van der Waals surface area contributed by atoms with Crippen molar-refractivity contribution in [2.24, 2.45) is 5.73 Å². The molecule has 1 heterocycles. The van der Waals surface area contributed by atoms with E-state index >= 15 is 0 Å². The van der Waals surface area contributed by atoms with Crippen molar-refractivity contribution in [3.8, 4) is 5.75 Å². The van der Waals surface area contributed by atoms with Gasteiger partial charge in [-0.25, -0.2) is 4.39 Å². The van der Waals surface area contributed by atoms with E-state index in [-0.39, 0.29) is 24.2 Å². The molecule has 0 aromatic heterocycles. The highest BCUT2D eigenvalue weighted by Gasteiger charge is 2.39. The van der Waals surface area contributed by atoms with Gasteiger partial charge in [0.25, 0.3) is 0 Å². The number of fused-ring (bicyclic) bond motifs is 1. The Balaban J connectivity index is 2.35. The van der Waals surface area contributed by atoms with Gasteiger partial charge in [-0.3, -0.25) is 0 Å². The molecule has 1 aromatic rings. The minimum atomic E-state index is -1.27. The molecule has 1 atom stereocenters. The van der Waals surface area contributed by atoms with Gasteiger partial charge in [0, 0.05) is 17.6 Å². The van der Waals surface area contributed by atoms with Crippen LogP contribution in [-0.4, -0.2) is 36.0 Å². The minimum Gasteiger partial charge on any atom is -0.491 e. The zero-order valence-electron chi connectivity index (χ0n) is 10.9. The van der Waals surface area contributed by atoms with E-state index in [1.54, 1.807) is 13.8 Å². The number of halogens is 1. The molecule has 1 unspecified atom stereocenters. The Morgan fingerprint density at radius 2 is 2.21 bits per heavy atom. The van der Waals surface area contributed by atoms with Crippen molar-refractivity contribution < 1.29 is 23.9 Å². The molecule has 0 fully saturated rings. The van der Waals surface area contributed by atoms with Gasteiger partial charge in [0.15, 0.2) is 0 Å². The van der Waals surface area contributed by atoms with Crippen LogP contribution in [0.4, 0.5) is 4.39 Å². The molecule has 5 nitrogen and oxygen atoms in total. The summed E-state index contributed by atoms with van der Waals surface area (Å²) >= 11 is 0. The van der Waals surface area contributed by atoms with Crippen LogP contribution in [0.2, 0.25) is 0 Å². The number of benzene rings is 1. The van der Waals surface area contributed by atoms with Gasteiger partial charge in [-0.1, -0.05) is 0 Å². The average molecular weight is 269 g/mol. The van der Waals surface area contributed by atoms with Crippen LogP contribution in [0, 0.1) is 5.82 Å². The van der Waals surface area contributed by atoms with Crippen LogP contribution < -0.4 is 15.9 Å². The van der Waals surface area contributed by atoms with Crippen LogP contribution in [0.25, 0.3) is 0 Å². The van der Waals surface area contributed by atoms with Gasteiger partial charge in [-0.15, -0.1) is 0 Å². The van der Waals surface area contributed by atoms with Gasteiger partial charge in [0.2, 0.25) is 0 Å². The highest BCUT2D eigenvalue weighted by Crippen LogP contribution is 2.29. The third kappa shape index (κ3) is 2.89. The number of nitrogens with two attached hydrogens (primary N) is 1. The Hall–Kier alpha value is -1.15. The predicted molar refractivity (Wildman–Crippen MR) is 68.7 cm³/mol. The Labute approximate surface area is 111 Å². The molecule has 7 heteroatoms. The molecule has 0 radical (unpaired) electrons. The first kappa shape index (κ1) is 14.3. The fraction of sp³-hybridized carbons (Fsp3) is 0.500. The van der Waals surface area contributed by atoms with Crippen LogP contribution in [-0.2, 0) is 4.65 Å². The average Bonchev–Trinajstić information content (AvgIpc) is 2.66. The Kier molecular flexibility index (Phi) is 3.82. The number of hydrogen-bond donors (Lipinski definition) is 3. The van der Waals surface area contributed by atoms with Crippen molar-refractivity contribution in [3.05, 3.63) is 23.5 Å². The molecule has 0 saturated carbocycles. The lowest BCUT2D eigenvalue weighted by atomic mass is 9.78. The molecule has 0 aliphatic carbocycles. The second-order valence-corrected chi connectivity index (χ2v) is 5.19. The van der Waals surface area contributed by atoms with E-state index < -0.39 is 24.6 Å². The second-order valence-electron chi connectivity index (χ2n) is 5.19. The largest absolute Gasteiger partial charge is 0.495 e. The van der Waals surface area contributed by atoms with E-state index in [9.17, 15) is 14.5 Å². The van der Waals surface area contributed by atoms with Gasteiger partial charge < -0.3 is 25.3 Å². The topological polar surface area (TPSA) is 84.9 Å². The van der Waals surface area contributed by atoms with Crippen molar-refractivity contribution >= 4 is 12.6 Å². The van der Waals surface area contributed by atoms with Crippen LogP contribution in [0.3, 0.4) is 0 Å². The maximum Gasteiger partial charge on any atom is 0.495 e. The molecule has 1 aliphatic heterocycles. The summed E-state index contributed by atoms with van der Waals surface area (Å²) < 4.78 is 24.4. The van der Waals surface area contributed by atoms with E-state index in [0.29, 0.717) is 5.75 Å². The molecule has 1 aromatic carbocycles. The quantitative estimate of drug-likeness (QED) is 0.653. The summed E-state index contributed by atoms with van der Waals surface area (Å²) in [5.74, 6) is -0.195. The van der Waals surface area contributed by atoms with Crippen molar-refractivity contribution in [2.45, 2.75) is 25.6 Å². The monoisotopic (exact) mass is 269 g/mol. The summed E-state index contributed by atoms with van der Waals surface area (Å²) in [6, 6.07) is 2.65. The lowest BCUT2D eigenvalue weighted by molar-refractivity contribution is 0.0288. The van der Waals surface area contributed by atoms with Gasteiger partial charge in [-0.2, -0.15) is 0 Å².